The highest BCUT2D eigenvalue weighted by atomic mass is 16.5. The highest BCUT2D eigenvalue weighted by molar-refractivity contribution is 5.77. The van der Waals surface area contributed by atoms with E-state index in [4.69, 9.17) is 4.74 Å². The molecular formula is C24H31N3O2. The van der Waals surface area contributed by atoms with Gasteiger partial charge in [0.15, 0.2) is 6.61 Å². The summed E-state index contributed by atoms with van der Waals surface area (Å²) in [6.45, 7) is 5.97. The van der Waals surface area contributed by atoms with E-state index >= 15 is 0 Å². The Morgan fingerprint density at radius 3 is 2.62 bits per heavy atom. The predicted octanol–water partition coefficient (Wildman–Crippen LogP) is 3.32. The lowest BCUT2D eigenvalue weighted by Gasteiger charge is -2.29. The van der Waals surface area contributed by atoms with Crippen LogP contribution in [0.15, 0.2) is 42.5 Å². The van der Waals surface area contributed by atoms with Crippen molar-refractivity contribution >= 4 is 11.6 Å². The van der Waals surface area contributed by atoms with Crippen LogP contribution in [0, 0.1) is 6.92 Å². The molecule has 1 fully saturated rings. The summed E-state index contributed by atoms with van der Waals surface area (Å²) in [5, 5.41) is 3.10. The van der Waals surface area contributed by atoms with E-state index in [1.165, 1.54) is 35.2 Å². The van der Waals surface area contributed by atoms with E-state index in [0.717, 1.165) is 31.8 Å². The molecule has 1 N–H and O–H groups in total. The predicted molar refractivity (Wildman–Crippen MR) is 117 cm³/mol. The van der Waals surface area contributed by atoms with Crippen LogP contribution in [0.3, 0.4) is 0 Å². The number of benzene rings is 2. The van der Waals surface area contributed by atoms with Gasteiger partial charge in [-0.1, -0.05) is 29.8 Å². The number of ether oxygens (including phenoxy) is 1. The summed E-state index contributed by atoms with van der Waals surface area (Å²) >= 11 is 0. The number of nitrogens with zero attached hydrogens (tertiary/aromatic N) is 2. The van der Waals surface area contributed by atoms with Gasteiger partial charge in [0.05, 0.1) is 6.04 Å². The van der Waals surface area contributed by atoms with Gasteiger partial charge in [0.25, 0.3) is 5.91 Å². The molecule has 154 valence electrons. The quantitative estimate of drug-likeness (QED) is 0.784. The van der Waals surface area contributed by atoms with Crippen molar-refractivity contribution in [3.63, 3.8) is 0 Å². The molecule has 29 heavy (non-hydrogen) atoms. The maximum absolute atomic E-state index is 12.4. The highest BCUT2D eigenvalue weighted by Crippen LogP contribution is 2.32. The highest BCUT2D eigenvalue weighted by Gasteiger charge is 2.26. The molecular weight excluding hydrogens is 362 g/mol. The van der Waals surface area contributed by atoms with Crippen molar-refractivity contribution in [3.05, 3.63) is 59.2 Å². The number of hydrogen-bond donors (Lipinski definition) is 1. The maximum Gasteiger partial charge on any atom is 0.258 e. The zero-order valence-electron chi connectivity index (χ0n) is 17.5. The molecule has 5 heteroatoms. The van der Waals surface area contributed by atoms with Gasteiger partial charge < -0.3 is 15.0 Å². The van der Waals surface area contributed by atoms with Gasteiger partial charge >= 0.3 is 0 Å². The topological polar surface area (TPSA) is 44.8 Å². The second-order valence-electron chi connectivity index (χ2n) is 8.22. The average Bonchev–Trinajstić information content (AvgIpc) is 3.38. The van der Waals surface area contributed by atoms with Gasteiger partial charge in [0.1, 0.15) is 5.75 Å². The Kier molecular flexibility index (Phi) is 6.05. The van der Waals surface area contributed by atoms with Crippen molar-refractivity contribution in [2.75, 3.05) is 44.7 Å². The molecule has 1 saturated heterocycles. The fourth-order valence-electron chi connectivity index (χ4n) is 4.35. The molecule has 0 radical (unpaired) electrons. The lowest BCUT2D eigenvalue weighted by molar-refractivity contribution is -0.123. The summed E-state index contributed by atoms with van der Waals surface area (Å²) in [4.78, 5) is 17.2. The Morgan fingerprint density at radius 2 is 1.86 bits per heavy atom. The molecule has 0 saturated carbocycles. The summed E-state index contributed by atoms with van der Waals surface area (Å²) in [5.74, 6) is 0.653. The van der Waals surface area contributed by atoms with Crippen LogP contribution in [0.5, 0.6) is 5.75 Å². The van der Waals surface area contributed by atoms with Crippen molar-refractivity contribution in [1.82, 2.24) is 10.2 Å². The first-order valence-corrected chi connectivity index (χ1v) is 10.6. The maximum atomic E-state index is 12.4. The molecule has 0 bridgehead atoms. The molecule has 0 aromatic heterocycles. The fourth-order valence-corrected chi connectivity index (χ4v) is 4.35. The molecule has 2 aliphatic rings. The van der Waals surface area contributed by atoms with Crippen molar-refractivity contribution < 1.29 is 9.53 Å². The van der Waals surface area contributed by atoms with Gasteiger partial charge in [-0.25, -0.2) is 0 Å². The van der Waals surface area contributed by atoms with E-state index in [0.29, 0.717) is 6.54 Å². The minimum absolute atomic E-state index is 0.0464. The SMILES string of the molecule is Cc1ccc(OCC(=O)NC[C@H](c2ccc3c(c2)CCN3C)N2CCCC2)cc1. The molecule has 4 rings (SSSR count). The Labute approximate surface area is 173 Å². The standard InChI is InChI=1S/C24H31N3O2/c1-18-5-8-21(9-6-18)29-17-24(28)25-16-23(27-12-3-4-13-27)19-7-10-22-20(15-19)11-14-26(22)2/h5-10,15,23H,3-4,11-14,16-17H2,1-2H3,(H,25,28)/t23-/m1/s1. The van der Waals surface area contributed by atoms with Crippen LogP contribution in [0.1, 0.15) is 35.6 Å². The van der Waals surface area contributed by atoms with Crippen LogP contribution in [-0.2, 0) is 11.2 Å². The first-order valence-electron chi connectivity index (χ1n) is 10.6. The summed E-state index contributed by atoms with van der Waals surface area (Å²) in [5.41, 5.74) is 5.24. The third-order valence-electron chi connectivity index (χ3n) is 6.08. The fraction of sp³-hybridized carbons (Fsp3) is 0.458. The number of aryl methyl sites for hydroxylation is 1. The Balaban J connectivity index is 1.38. The van der Waals surface area contributed by atoms with Crippen LogP contribution in [0.2, 0.25) is 0 Å². The smallest absolute Gasteiger partial charge is 0.258 e. The van der Waals surface area contributed by atoms with Crippen LogP contribution in [-0.4, -0.2) is 50.6 Å². The van der Waals surface area contributed by atoms with Crippen molar-refractivity contribution in [2.45, 2.75) is 32.2 Å². The Morgan fingerprint density at radius 1 is 1.10 bits per heavy atom. The molecule has 2 aromatic carbocycles. The van der Waals surface area contributed by atoms with E-state index in [1.807, 2.05) is 31.2 Å². The molecule has 0 unspecified atom stereocenters. The van der Waals surface area contributed by atoms with Crippen molar-refractivity contribution in [1.29, 1.82) is 0 Å². The van der Waals surface area contributed by atoms with E-state index in [9.17, 15) is 4.79 Å². The minimum Gasteiger partial charge on any atom is -0.484 e. The lowest BCUT2D eigenvalue weighted by Crippen LogP contribution is -2.38. The molecule has 0 aliphatic carbocycles. The third kappa shape index (κ3) is 4.73. The van der Waals surface area contributed by atoms with Crippen LogP contribution in [0.25, 0.3) is 0 Å². The zero-order chi connectivity index (χ0) is 20.2. The number of nitrogens with one attached hydrogen (secondary N) is 1. The van der Waals surface area contributed by atoms with Crippen molar-refractivity contribution in [2.24, 2.45) is 0 Å². The number of anilines is 1. The Hall–Kier alpha value is -2.53. The molecule has 2 aliphatic heterocycles. The van der Waals surface area contributed by atoms with Gasteiger partial charge in [-0.05, 0) is 68.6 Å². The number of hydrogen-bond acceptors (Lipinski definition) is 4. The normalized spacial score (nSPS) is 17.2. The third-order valence-corrected chi connectivity index (χ3v) is 6.08. The van der Waals surface area contributed by atoms with Crippen molar-refractivity contribution in [3.8, 4) is 5.75 Å². The number of likely N-dealkylation sites (N-methyl/N-ethyl adjacent to an activating group) is 1. The summed E-state index contributed by atoms with van der Waals surface area (Å²) in [6, 6.07) is 14.8. The van der Waals surface area contributed by atoms with E-state index in [1.54, 1.807) is 0 Å². The largest absolute Gasteiger partial charge is 0.484 e. The molecule has 1 atom stereocenters. The molecule has 0 spiro atoms. The van der Waals surface area contributed by atoms with Gasteiger partial charge in [0, 0.05) is 25.8 Å². The van der Waals surface area contributed by atoms with Gasteiger partial charge in [-0.2, -0.15) is 0 Å². The van der Waals surface area contributed by atoms with Crippen LogP contribution < -0.4 is 15.0 Å². The van der Waals surface area contributed by atoms with Crippen LogP contribution >= 0.6 is 0 Å². The van der Waals surface area contributed by atoms with E-state index in [-0.39, 0.29) is 18.6 Å². The lowest BCUT2D eigenvalue weighted by atomic mass is 10.0. The number of likely N-dealkylation sites (tertiary alicyclic amines) is 1. The Bertz CT molecular complexity index is 844. The van der Waals surface area contributed by atoms with Gasteiger partial charge in [-0.3, -0.25) is 9.69 Å². The number of rotatable bonds is 7. The molecule has 2 aromatic rings. The van der Waals surface area contributed by atoms with Gasteiger partial charge in [0.2, 0.25) is 0 Å². The first-order chi connectivity index (χ1) is 14.1. The van der Waals surface area contributed by atoms with E-state index in [2.05, 4.69) is 40.4 Å². The van der Waals surface area contributed by atoms with Gasteiger partial charge in [-0.15, -0.1) is 0 Å². The summed E-state index contributed by atoms with van der Waals surface area (Å²) < 4.78 is 5.63. The van der Waals surface area contributed by atoms with E-state index < -0.39 is 0 Å². The number of carbonyl (C=O) groups excluding carboxylic acids is 1. The monoisotopic (exact) mass is 393 g/mol. The molecule has 2 heterocycles. The molecule has 5 nitrogen and oxygen atoms in total. The second kappa shape index (κ2) is 8.87. The molecule has 1 amide bonds. The number of carbonyl (C=O) groups is 1. The summed E-state index contributed by atoms with van der Waals surface area (Å²) in [6.07, 6.45) is 3.56. The number of fused-ring (bicyclic) bond motifs is 1. The second-order valence-corrected chi connectivity index (χ2v) is 8.22. The zero-order valence-corrected chi connectivity index (χ0v) is 17.5. The average molecular weight is 394 g/mol. The minimum atomic E-state index is -0.0735. The van der Waals surface area contributed by atoms with Crippen LogP contribution in [0.4, 0.5) is 5.69 Å². The first kappa shape index (κ1) is 19.8. The number of amides is 1. The summed E-state index contributed by atoms with van der Waals surface area (Å²) in [7, 11) is 2.15.